The van der Waals surface area contributed by atoms with Gasteiger partial charge in [-0.3, -0.25) is 4.98 Å². The Morgan fingerprint density at radius 1 is 1.17 bits per heavy atom. The number of hydrogen-bond donors (Lipinski definition) is 2. The Balaban J connectivity index is 1.63. The van der Waals surface area contributed by atoms with Crippen molar-refractivity contribution < 1.29 is 4.39 Å². The zero-order valence-electron chi connectivity index (χ0n) is 16.9. The molecule has 152 valence electrons. The van der Waals surface area contributed by atoms with Crippen molar-refractivity contribution in [2.75, 3.05) is 18.4 Å². The summed E-state index contributed by atoms with van der Waals surface area (Å²) >= 11 is 0. The molecule has 5 nitrogen and oxygen atoms in total. The van der Waals surface area contributed by atoms with Gasteiger partial charge in [-0.05, 0) is 43.1 Å². The van der Waals surface area contributed by atoms with Gasteiger partial charge in [0.1, 0.15) is 11.3 Å². The first-order chi connectivity index (χ1) is 14.7. The third-order valence-corrected chi connectivity index (χ3v) is 5.67. The van der Waals surface area contributed by atoms with Crippen molar-refractivity contribution in [3.63, 3.8) is 0 Å². The van der Waals surface area contributed by atoms with Crippen molar-refractivity contribution in [3.05, 3.63) is 77.7 Å². The molecule has 2 aromatic carbocycles. The maximum Gasteiger partial charge on any atom is 0.204 e. The highest BCUT2D eigenvalue weighted by Crippen LogP contribution is 2.30. The molecule has 1 atom stereocenters. The summed E-state index contributed by atoms with van der Waals surface area (Å²) in [6.07, 6.45) is 2.89. The van der Waals surface area contributed by atoms with Gasteiger partial charge in [-0.25, -0.2) is 9.37 Å². The van der Waals surface area contributed by atoms with Crippen LogP contribution in [-0.4, -0.2) is 33.7 Å². The molecule has 0 amide bonds. The molecule has 4 aromatic rings. The summed E-state index contributed by atoms with van der Waals surface area (Å²) in [5.41, 5.74) is 5.49. The first-order valence-electron chi connectivity index (χ1n) is 10.3. The second kappa shape index (κ2) is 7.88. The molecular formula is C24H24FN5. The second-order valence-corrected chi connectivity index (χ2v) is 7.83. The highest BCUT2D eigenvalue weighted by atomic mass is 19.1. The van der Waals surface area contributed by atoms with E-state index in [1.54, 1.807) is 6.92 Å². The molecule has 2 aromatic heterocycles. The first-order valence-corrected chi connectivity index (χ1v) is 10.3. The van der Waals surface area contributed by atoms with Gasteiger partial charge in [-0.15, -0.1) is 0 Å². The average Bonchev–Trinajstić information content (AvgIpc) is 3.40. The van der Waals surface area contributed by atoms with Gasteiger partial charge in [-0.2, -0.15) is 0 Å². The molecule has 30 heavy (non-hydrogen) atoms. The van der Waals surface area contributed by atoms with Gasteiger partial charge in [0, 0.05) is 24.3 Å². The van der Waals surface area contributed by atoms with E-state index >= 15 is 0 Å². The fourth-order valence-corrected chi connectivity index (χ4v) is 4.08. The maximum absolute atomic E-state index is 13.8. The number of fused-ring (bicyclic) bond motifs is 1. The van der Waals surface area contributed by atoms with Gasteiger partial charge in [0.05, 0.1) is 17.8 Å². The van der Waals surface area contributed by atoms with E-state index in [-0.39, 0.29) is 5.82 Å². The Labute approximate surface area is 175 Å². The molecule has 0 radical (unpaired) electrons. The standard InChI is InChI=1S/C24H24FN5/c1-16-13-17(7-8-20(16)25)15-30-21-10-12-27-22(18-5-3-2-4-6-18)23(21)29-24(30)28-19-9-11-26-14-19/h2-8,10,12-13,19,26H,9,11,14-15H2,1H3,(H,28,29). The third-order valence-electron chi connectivity index (χ3n) is 5.67. The summed E-state index contributed by atoms with van der Waals surface area (Å²) in [6, 6.07) is 17.8. The van der Waals surface area contributed by atoms with Gasteiger partial charge in [0.25, 0.3) is 0 Å². The van der Waals surface area contributed by atoms with Crippen LogP contribution >= 0.6 is 0 Å². The van der Waals surface area contributed by atoms with E-state index in [0.717, 1.165) is 53.3 Å². The normalized spacial score (nSPS) is 16.3. The average molecular weight is 401 g/mol. The van der Waals surface area contributed by atoms with Gasteiger partial charge in [0.15, 0.2) is 0 Å². The molecule has 1 unspecified atom stereocenters. The number of nitrogens with one attached hydrogen (secondary N) is 2. The zero-order valence-corrected chi connectivity index (χ0v) is 16.9. The SMILES string of the molecule is Cc1cc(Cn2c(NC3CCNC3)nc3c(-c4ccccc4)nccc32)ccc1F. The molecule has 2 N–H and O–H groups in total. The predicted molar refractivity (Wildman–Crippen MR) is 118 cm³/mol. The summed E-state index contributed by atoms with van der Waals surface area (Å²) in [6.45, 7) is 4.33. The van der Waals surface area contributed by atoms with Gasteiger partial charge >= 0.3 is 0 Å². The van der Waals surface area contributed by atoms with E-state index in [2.05, 4.69) is 32.3 Å². The van der Waals surface area contributed by atoms with Crippen LogP contribution in [0.4, 0.5) is 10.3 Å². The summed E-state index contributed by atoms with van der Waals surface area (Å²) < 4.78 is 15.9. The first kappa shape index (κ1) is 18.8. The van der Waals surface area contributed by atoms with Gasteiger partial charge in [-0.1, -0.05) is 42.5 Å². The van der Waals surface area contributed by atoms with E-state index < -0.39 is 0 Å². The van der Waals surface area contributed by atoms with Crippen LogP contribution in [-0.2, 0) is 6.54 Å². The van der Waals surface area contributed by atoms with Crippen LogP contribution in [0.2, 0.25) is 0 Å². The fourth-order valence-electron chi connectivity index (χ4n) is 4.08. The molecule has 1 saturated heterocycles. The number of pyridine rings is 1. The molecule has 1 fully saturated rings. The van der Waals surface area contributed by atoms with Crippen molar-refractivity contribution in [1.82, 2.24) is 19.9 Å². The van der Waals surface area contributed by atoms with Crippen LogP contribution in [0.5, 0.6) is 0 Å². The molecule has 0 bridgehead atoms. The quantitative estimate of drug-likeness (QED) is 0.522. The fraction of sp³-hybridized carbons (Fsp3) is 0.250. The van der Waals surface area contributed by atoms with E-state index in [0.29, 0.717) is 18.2 Å². The van der Waals surface area contributed by atoms with E-state index in [4.69, 9.17) is 4.98 Å². The minimum absolute atomic E-state index is 0.180. The number of anilines is 1. The van der Waals surface area contributed by atoms with Crippen LogP contribution in [0, 0.1) is 12.7 Å². The van der Waals surface area contributed by atoms with Crippen molar-refractivity contribution in [3.8, 4) is 11.3 Å². The highest BCUT2D eigenvalue weighted by molar-refractivity contribution is 5.91. The molecule has 1 aliphatic heterocycles. The smallest absolute Gasteiger partial charge is 0.204 e. The van der Waals surface area contributed by atoms with Crippen LogP contribution in [0.1, 0.15) is 17.5 Å². The van der Waals surface area contributed by atoms with E-state index in [1.807, 2.05) is 42.6 Å². The Bertz CT molecular complexity index is 1180. The van der Waals surface area contributed by atoms with Crippen LogP contribution < -0.4 is 10.6 Å². The molecule has 5 rings (SSSR count). The minimum atomic E-state index is -0.180. The van der Waals surface area contributed by atoms with Crippen LogP contribution in [0.15, 0.2) is 60.8 Å². The number of hydrogen-bond acceptors (Lipinski definition) is 4. The largest absolute Gasteiger partial charge is 0.352 e. The van der Waals surface area contributed by atoms with Crippen molar-refractivity contribution in [1.29, 1.82) is 0 Å². The summed E-state index contributed by atoms with van der Waals surface area (Å²) in [7, 11) is 0. The molecular weight excluding hydrogens is 377 g/mol. The summed E-state index contributed by atoms with van der Waals surface area (Å²) in [5.74, 6) is 0.644. The number of halogens is 1. The number of rotatable bonds is 5. The number of nitrogens with zero attached hydrogens (tertiary/aromatic N) is 3. The van der Waals surface area contributed by atoms with E-state index in [9.17, 15) is 4.39 Å². The van der Waals surface area contributed by atoms with Crippen LogP contribution in [0.25, 0.3) is 22.3 Å². The summed E-state index contributed by atoms with van der Waals surface area (Å²) in [5, 5.41) is 7.00. The Morgan fingerprint density at radius 2 is 2.03 bits per heavy atom. The lowest BCUT2D eigenvalue weighted by Crippen LogP contribution is -2.24. The lowest BCUT2D eigenvalue weighted by Gasteiger charge is -2.15. The molecule has 1 aliphatic rings. The number of imidazole rings is 1. The molecule has 0 saturated carbocycles. The minimum Gasteiger partial charge on any atom is -0.352 e. The van der Waals surface area contributed by atoms with Crippen LogP contribution in [0.3, 0.4) is 0 Å². The van der Waals surface area contributed by atoms with Crippen molar-refractivity contribution in [2.45, 2.75) is 25.9 Å². The lowest BCUT2D eigenvalue weighted by molar-refractivity contribution is 0.617. The Morgan fingerprint density at radius 3 is 2.80 bits per heavy atom. The molecule has 3 heterocycles. The molecule has 0 aliphatic carbocycles. The molecule has 6 heteroatoms. The Kier molecular flexibility index (Phi) is 4.93. The molecule has 0 spiro atoms. The zero-order chi connectivity index (χ0) is 20.5. The maximum atomic E-state index is 13.8. The lowest BCUT2D eigenvalue weighted by atomic mass is 10.1. The number of benzene rings is 2. The monoisotopic (exact) mass is 401 g/mol. The van der Waals surface area contributed by atoms with Crippen molar-refractivity contribution in [2.24, 2.45) is 0 Å². The van der Waals surface area contributed by atoms with E-state index in [1.165, 1.54) is 6.07 Å². The third kappa shape index (κ3) is 3.55. The topological polar surface area (TPSA) is 54.8 Å². The predicted octanol–water partition coefficient (Wildman–Crippen LogP) is 4.37. The number of aromatic nitrogens is 3. The highest BCUT2D eigenvalue weighted by Gasteiger charge is 2.20. The van der Waals surface area contributed by atoms with Gasteiger partial charge < -0.3 is 15.2 Å². The Hall–Kier alpha value is -3.25. The van der Waals surface area contributed by atoms with Crippen molar-refractivity contribution >= 4 is 17.0 Å². The summed E-state index contributed by atoms with van der Waals surface area (Å²) in [4.78, 5) is 9.61. The second-order valence-electron chi connectivity index (χ2n) is 7.83. The number of aryl methyl sites for hydroxylation is 1. The van der Waals surface area contributed by atoms with Gasteiger partial charge in [0.2, 0.25) is 5.95 Å².